The van der Waals surface area contributed by atoms with Crippen molar-refractivity contribution >= 4 is 5.91 Å². The van der Waals surface area contributed by atoms with E-state index >= 15 is 0 Å². The molecule has 134 valence electrons. The van der Waals surface area contributed by atoms with E-state index < -0.39 is 0 Å². The number of hydrogen-bond donors (Lipinski definition) is 1. The molecule has 1 amide bonds. The van der Waals surface area contributed by atoms with Crippen molar-refractivity contribution in [2.75, 3.05) is 13.1 Å². The SMILES string of the molecule is CC(C)c1cc(C(=O)N2CCCC(CCc3ccc(F)cc3)C2)n[nH]1. The summed E-state index contributed by atoms with van der Waals surface area (Å²) < 4.78 is 13.0. The molecule has 0 radical (unpaired) electrons. The molecule has 1 fully saturated rings. The number of benzene rings is 1. The number of halogens is 1. The molecule has 25 heavy (non-hydrogen) atoms. The second kappa shape index (κ2) is 7.81. The van der Waals surface area contributed by atoms with Crippen molar-refractivity contribution in [1.29, 1.82) is 0 Å². The van der Waals surface area contributed by atoms with Gasteiger partial charge in [-0.3, -0.25) is 9.89 Å². The first-order chi connectivity index (χ1) is 12.0. The van der Waals surface area contributed by atoms with Crippen LogP contribution in [0.15, 0.2) is 30.3 Å². The second-order valence-corrected chi connectivity index (χ2v) is 7.29. The number of aromatic nitrogens is 2. The van der Waals surface area contributed by atoms with Crippen molar-refractivity contribution < 1.29 is 9.18 Å². The number of H-pyrrole nitrogens is 1. The van der Waals surface area contributed by atoms with Crippen LogP contribution in [0, 0.1) is 11.7 Å². The van der Waals surface area contributed by atoms with Gasteiger partial charge in [0.15, 0.2) is 0 Å². The second-order valence-electron chi connectivity index (χ2n) is 7.29. The van der Waals surface area contributed by atoms with Crippen LogP contribution in [0.3, 0.4) is 0 Å². The Kier molecular flexibility index (Phi) is 5.51. The zero-order valence-electron chi connectivity index (χ0n) is 15.0. The fourth-order valence-corrected chi connectivity index (χ4v) is 3.41. The van der Waals surface area contributed by atoms with Crippen molar-refractivity contribution in [1.82, 2.24) is 15.1 Å². The number of rotatable bonds is 5. The zero-order chi connectivity index (χ0) is 17.8. The number of amides is 1. The molecule has 5 heteroatoms. The van der Waals surface area contributed by atoms with Gasteiger partial charge in [0.05, 0.1) is 0 Å². The van der Waals surface area contributed by atoms with E-state index in [4.69, 9.17) is 0 Å². The maximum absolute atomic E-state index is 13.0. The first kappa shape index (κ1) is 17.6. The minimum absolute atomic E-state index is 0.0228. The minimum atomic E-state index is -0.196. The molecule has 0 bridgehead atoms. The van der Waals surface area contributed by atoms with Crippen LogP contribution in [0.2, 0.25) is 0 Å². The molecule has 1 aromatic heterocycles. The summed E-state index contributed by atoms with van der Waals surface area (Å²) >= 11 is 0. The van der Waals surface area contributed by atoms with Gasteiger partial charge in [0.1, 0.15) is 11.5 Å². The number of likely N-dealkylation sites (tertiary alicyclic amines) is 1. The Hall–Kier alpha value is -2.17. The first-order valence-electron chi connectivity index (χ1n) is 9.12. The lowest BCUT2D eigenvalue weighted by Gasteiger charge is -2.32. The molecule has 1 unspecified atom stereocenters. The third-order valence-corrected chi connectivity index (χ3v) is 5.00. The molecule has 1 atom stereocenters. The number of carbonyl (C=O) groups excluding carboxylic acids is 1. The molecule has 3 rings (SSSR count). The largest absolute Gasteiger partial charge is 0.337 e. The summed E-state index contributed by atoms with van der Waals surface area (Å²) in [5.74, 6) is 0.651. The quantitative estimate of drug-likeness (QED) is 0.886. The van der Waals surface area contributed by atoms with E-state index in [1.54, 1.807) is 0 Å². The van der Waals surface area contributed by atoms with Crippen molar-refractivity contribution in [3.63, 3.8) is 0 Å². The number of aryl methyl sites for hydroxylation is 1. The summed E-state index contributed by atoms with van der Waals surface area (Å²) in [4.78, 5) is 14.6. The van der Waals surface area contributed by atoms with Gasteiger partial charge in [-0.05, 0) is 61.3 Å². The number of hydrogen-bond acceptors (Lipinski definition) is 2. The van der Waals surface area contributed by atoms with Gasteiger partial charge in [-0.2, -0.15) is 5.10 Å². The Morgan fingerprint density at radius 1 is 1.36 bits per heavy atom. The minimum Gasteiger partial charge on any atom is -0.337 e. The standard InChI is InChI=1S/C20H26FN3O/c1-14(2)18-12-19(23-22-18)20(25)24-11-3-4-16(13-24)6-5-15-7-9-17(21)10-8-15/h7-10,12,14,16H,3-6,11,13H2,1-2H3,(H,22,23). The summed E-state index contributed by atoms with van der Waals surface area (Å²) in [6.07, 6.45) is 4.12. The fraction of sp³-hybridized carbons (Fsp3) is 0.500. The molecule has 1 aliphatic heterocycles. The van der Waals surface area contributed by atoms with Crippen LogP contribution in [0.25, 0.3) is 0 Å². The van der Waals surface area contributed by atoms with E-state index in [-0.39, 0.29) is 11.7 Å². The summed E-state index contributed by atoms with van der Waals surface area (Å²) in [6, 6.07) is 8.58. The van der Waals surface area contributed by atoms with Gasteiger partial charge in [0.25, 0.3) is 5.91 Å². The molecular weight excluding hydrogens is 317 g/mol. The van der Waals surface area contributed by atoms with E-state index in [2.05, 4.69) is 24.0 Å². The summed E-state index contributed by atoms with van der Waals surface area (Å²) in [5, 5.41) is 7.15. The number of aromatic amines is 1. The third kappa shape index (κ3) is 4.47. The molecule has 0 spiro atoms. The van der Waals surface area contributed by atoms with Crippen LogP contribution in [0.5, 0.6) is 0 Å². The van der Waals surface area contributed by atoms with Gasteiger partial charge in [-0.15, -0.1) is 0 Å². The molecular formula is C20H26FN3O. The molecule has 1 aliphatic rings. The highest BCUT2D eigenvalue weighted by atomic mass is 19.1. The average Bonchev–Trinajstić information content (AvgIpc) is 3.11. The monoisotopic (exact) mass is 343 g/mol. The molecule has 4 nitrogen and oxygen atoms in total. The smallest absolute Gasteiger partial charge is 0.274 e. The van der Waals surface area contributed by atoms with Crippen LogP contribution in [-0.2, 0) is 6.42 Å². The van der Waals surface area contributed by atoms with E-state index in [0.29, 0.717) is 17.5 Å². The Bertz CT molecular complexity index is 708. The Labute approximate surface area is 148 Å². The van der Waals surface area contributed by atoms with Crippen LogP contribution in [-0.4, -0.2) is 34.1 Å². The van der Waals surface area contributed by atoms with E-state index in [9.17, 15) is 9.18 Å². The Morgan fingerprint density at radius 2 is 2.12 bits per heavy atom. The van der Waals surface area contributed by atoms with Gasteiger partial charge < -0.3 is 4.90 Å². The highest BCUT2D eigenvalue weighted by Gasteiger charge is 2.26. The normalized spacial score (nSPS) is 17.9. The van der Waals surface area contributed by atoms with Gasteiger partial charge in [0.2, 0.25) is 0 Å². The van der Waals surface area contributed by atoms with Crippen molar-refractivity contribution in [2.45, 2.75) is 45.4 Å². The van der Waals surface area contributed by atoms with E-state index in [1.807, 2.05) is 23.1 Å². The van der Waals surface area contributed by atoms with Gasteiger partial charge >= 0.3 is 0 Å². The van der Waals surface area contributed by atoms with Gasteiger partial charge in [-0.25, -0.2) is 4.39 Å². The lowest BCUT2D eigenvalue weighted by molar-refractivity contribution is 0.0662. The molecule has 2 aromatic rings. The summed E-state index contributed by atoms with van der Waals surface area (Å²) in [5.41, 5.74) is 2.66. The van der Waals surface area contributed by atoms with E-state index in [0.717, 1.165) is 50.0 Å². The maximum atomic E-state index is 13.0. The summed E-state index contributed by atoms with van der Waals surface area (Å²) in [7, 11) is 0. The number of nitrogens with zero attached hydrogens (tertiary/aromatic N) is 2. The highest BCUT2D eigenvalue weighted by Crippen LogP contribution is 2.23. The lowest BCUT2D eigenvalue weighted by Crippen LogP contribution is -2.40. The Morgan fingerprint density at radius 3 is 2.80 bits per heavy atom. The molecule has 0 aliphatic carbocycles. The molecule has 0 saturated carbocycles. The molecule has 1 N–H and O–H groups in total. The Balaban J connectivity index is 1.56. The van der Waals surface area contributed by atoms with Crippen molar-refractivity contribution in [3.05, 3.63) is 53.1 Å². The maximum Gasteiger partial charge on any atom is 0.274 e. The predicted molar refractivity (Wildman–Crippen MR) is 96.0 cm³/mol. The highest BCUT2D eigenvalue weighted by molar-refractivity contribution is 5.92. The van der Waals surface area contributed by atoms with Crippen molar-refractivity contribution in [2.24, 2.45) is 5.92 Å². The first-order valence-corrected chi connectivity index (χ1v) is 9.12. The lowest BCUT2D eigenvalue weighted by atomic mass is 9.91. The topological polar surface area (TPSA) is 49.0 Å². The van der Waals surface area contributed by atoms with Gasteiger partial charge in [0, 0.05) is 18.8 Å². The zero-order valence-corrected chi connectivity index (χ0v) is 15.0. The van der Waals surface area contributed by atoms with Gasteiger partial charge in [-0.1, -0.05) is 26.0 Å². The molecule has 2 heterocycles. The van der Waals surface area contributed by atoms with Crippen LogP contribution >= 0.6 is 0 Å². The van der Waals surface area contributed by atoms with Crippen molar-refractivity contribution in [3.8, 4) is 0 Å². The fourth-order valence-electron chi connectivity index (χ4n) is 3.41. The molecule has 1 aromatic carbocycles. The predicted octanol–water partition coefficient (Wildman–Crippen LogP) is 4.16. The van der Waals surface area contributed by atoms with Crippen LogP contribution < -0.4 is 0 Å². The number of carbonyl (C=O) groups is 1. The van der Waals surface area contributed by atoms with Crippen LogP contribution in [0.4, 0.5) is 4.39 Å². The average molecular weight is 343 g/mol. The van der Waals surface area contributed by atoms with Crippen LogP contribution in [0.1, 0.15) is 60.8 Å². The van der Waals surface area contributed by atoms with E-state index in [1.165, 1.54) is 12.1 Å². The third-order valence-electron chi connectivity index (χ3n) is 5.00. The molecule has 1 saturated heterocycles. The summed E-state index contributed by atoms with van der Waals surface area (Å²) in [6.45, 7) is 5.74. The number of piperidine rings is 1. The number of nitrogens with one attached hydrogen (secondary N) is 1.